The van der Waals surface area contributed by atoms with Crippen molar-refractivity contribution in [3.8, 4) is 16.3 Å². The van der Waals surface area contributed by atoms with E-state index in [0.29, 0.717) is 17.0 Å². The van der Waals surface area contributed by atoms with Crippen LogP contribution in [0.5, 0.6) is 0 Å². The highest BCUT2D eigenvalue weighted by atomic mass is 35.5. The fourth-order valence-electron chi connectivity index (χ4n) is 3.13. The highest BCUT2D eigenvalue weighted by Gasteiger charge is 2.32. The van der Waals surface area contributed by atoms with Gasteiger partial charge in [-0.15, -0.1) is 11.3 Å². The van der Waals surface area contributed by atoms with Crippen LogP contribution in [0, 0.1) is 20.8 Å². The summed E-state index contributed by atoms with van der Waals surface area (Å²) in [6.07, 6.45) is 0. The van der Waals surface area contributed by atoms with Crippen molar-refractivity contribution < 1.29 is 8.78 Å². The number of hydrogen-bond donors (Lipinski definition) is 0. The lowest BCUT2D eigenvalue weighted by Gasteiger charge is -2.10. The van der Waals surface area contributed by atoms with Gasteiger partial charge in [-0.25, -0.2) is 9.50 Å². The van der Waals surface area contributed by atoms with Crippen molar-refractivity contribution in [1.82, 2.24) is 19.2 Å². The zero-order valence-corrected chi connectivity index (χ0v) is 15.9. The first kappa shape index (κ1) is 17.2. The molecule has 4 heterocycles. The normalized spacial score (nSPS) is 12.2. The second-order valence-corrected chi connectivity index (χ2v) is 7.56. The third kappa shape index (κ3) is 2.71. The van der Waals surface area contributed by atoms with E-state index in [0.717, 1.165) is 26.5 Å². The van der Waals surface area contributed by atoms with Gasteiger partial charge in [0.15, 0.2) is 5.65 Å². The molecule has 0 spiro atoms. The van der Waals surface area contributed by atoms with Crippen LogP contribution in [0.3, 0.4) is 0 Å². The minimum Gasteiger partial charge on any atom is -0.317 e. The number of rotatable bonds is 3. The van der Waals surface area contributed by atoms with E-state index in [2.05, 4.69) is 14.6 Å². The fraction of sp³-hybridized carbons (Fsp3) is 0.222. The summed E-state index contributed by atoms with van der Waals surface area (Å²) in [4.78, 5) is 5.20. The van der Waals surface area contributed by atoms with E-state index in [4.69, 9.17) is 11.6 Å². The van der Waals surface area contributed by atoms with Crippen LogP contribution in [0.1, 0.15) is 22.8 Å². The van der Waals surface area contributed by atoms with Gasteiger partial charge >= 0.3 is 5.38 Å². The summed E-state index contributed by atoms with van der Waals surface area (Å²) in [5.41, 5.74) is 4.15. The molecule has 134 valence electrons. The van der Waals surface area contributed by atoms with E-state index >= 15 is 0 Å². The van der Waals surface area contributed by atoms with Gasteiger partial charge in [0.25, 0.3) is 0 Å². The number of hydrogen-bond acceptors (Lipinski definition) is 3. The third-order valence-corrected chi connectivity index (χ3v) is 5.35. The van der Waals surface area contributed by atoms with Crippen LogP contribution >= 0.6 is 22.9 Å². The van der Waals surface area contributed by atoms with Crippen molar-refractivity contribution in [2.24, 2.45) is 0 Å². The lowest BCUT2D eigenvalue weighted by Crippen LogP contribution is -2.12. The topological polar surface area (TPSA) is 35.1 Å². The average molecular weight is 393 g/mol. The maximum Gasteiger partial charge on any atom is 0.364 e. The molecule has 0 aliphatic heterocycles. The van der Waals surface area contributed by atoms with Crippen LogP contribution < -0.4 is 0 Å². The Morgan fingerprint density at radius 2 is 1.77 bits per heavy atom. The Hall–Kier alpha value is -2.25. The summed E-state index contributed by atoms with van der Waals surface area (Å²) >= 11 is 6.78. The number of nitrogens with zero attached hydrogens (tertiary/aromatic N) is 4. The van der Waals surface area contributed by atoms with E-state index < -0.39 is 5.38 Å². The summed E-state index contributed by atoms with van der Waals surface area (Å²) in [6.45, 7) is 5.70. The second kappa shape index (κ2) is 5.89. The highest BCUT2D eigenvalue weighted by Crippen LogP contribution is 2.36. The van der Waals surface area contributed by atoms with E-state index in [1.807, 2.05) is 37.4 Å². The number of aryl methyl sites for hydroxylation is 3. The van der Waals surface area contributed by atoms with Crippen LogP contribution in [0.25, 0.3) is 21.9 Å². The first-order valence-corrected chi connectivity index (χ1v) is 9.19. The van der Waals surface area contributed by atoms with Gasteiger partial charge in [-0.3, -0.25) is 0 Å². The molecule has 4 rings (SSSR count). The van der Waals surface area contributed by atoms with Gasteiger partial charge in [0.1, 0.15) is 11.4 Å². The van der Waals surface area contributed by atoms with Crippen molar-refractivity contribution >= 4 is 28.6 Å². The molecule has 0 aromatic carbocycles. The Morgan fingerprint density at radius 1 is 1.08 bits per heavy atom. The van der Waals surface area contributed by atoms with E-state index in [-0.39, 0.29) is 5.69 Å². The molecule has 0 aliphatic carbocycles. The predicted octanol–water partition coefficient (Wildman–Crippen LogP) is 5.46. The lowest BCUT2D eigenvalue weighted by molar-refractivity contribution is 0.0871. The van der Waals surface area contributed by atoms with E-state index in [1.54, 1.807) is 13.0 Å². The van der Waals surface area contributed by atoms with Gasteiger partial charge in [-0.05, 0) is 62.0 Å². The van der Waals surface area contributed by atoms with Crippen LogP contribution in [-0.2, 0) is 5.38 Å². The Kier molecular flexibility index (Phi) is 3.89. The smallest absolute Gasteiger partial charge is 0.317 e. The Bertz CT molecular complexity index is 1100. The SMILES string of the molecule is Cc1cc(C(F)(F)Cl)n2nc(-c3sccc3-n3c(C)ccc3C)cc2n1. The molecule has 0 radical (unpaired) electrons. The highest BCUT2D eigenvalue weighted by molar-refractivity contribution is 7.14. The summed E-state index contributed by atoms with van der Waals surface area (Å²) in [6, 6.07) is 9.05. The van der Waals surface area contributed by atoms with Crippen LogP contribution in [0.15, 0.2) is 35.7 Å². The average Bonchev–Trinajstić information content (AvgIpc) is 3.23. The van der Waals surface area contributed by atoms with Gasteiger partial charge in [-0.2, -0.15) is 13.9 Å². The van der Waals surface area contributed by atoms with Gasteiger partial charge in [0.05, 0.1) is 10.6 Å². The summed E-state index contributed by atoms with van der Waals surface area (Å²) in [7, 11) is 0. The molecule has 0 amide bonds. The second-order valence-electron chi connectivity index (χ2n) is 6.17. The molecule has 0 aliphatic rings. The van der Waals surface area contributed by atoms with Crippen LogP contribution in [0.2, 0.25) is 0 Å². The van der Waals surface area contributed by atoms with Crippen molar-refractivity contribution in [2.75, 3.05) is 0 Å². The van der Waals surface area contributed by atoms with Gasteiger partial charge in [-0.1, -0.05) is 0 Å². The molecule has 0 saturated carbocycles. The monoisotopic (exact) mass is 392 g/mol. The molecule has 0 N–H and O–H groups in total. The molecule has 0 bridgehead atoms. The first-order chi connectivity index (χ1) is 12.3. The van der Waals surface area contributed by atoms with Gasteiger partial charge < -0.3 is 4.57 Å². The molecular weight excluding hydrogens is 378 g/mol. The third-order valence-electron chi connectivity index (χ3n) is 4.23. The molecule has 26 heavy (non-hydrogen) atoms. The number of fused-ring (bicyclic) bond motifs is 1. The minimum atomic E-state index is -3.53. The zero-order chi connectivity index (χ0) is 18.6. The molecule has 4 aromatic rings. The molecule has 4 aromatic heterocycles. The summed E-state index contributed by atoms with van der Waals surface area (Å²) in [5, 5.41) is 2.81. The van der Waals surface area contributed by atoms with E-state index in [1.165, 1.54) is 17.4 Å². The predicted molar refractivity (Wildman–Crippen MR) is 99.6 cm³/mol. The maximum atomic E-state index is 13.8. The molecule has 0 unspecified atom stereocenters. The molecule has 0 saturated heterocycles. The molecule has 4 nitrogen and oxygen atoms in total. The number of thiophene rings is 1. The van der Waals surface area contributed by atoms with Crippen molar-refractivity contribution in [2.45, 2.75) is 26.2 Å². The van der Waals surface area contributed by atoms with Gasteiger partial charge in [0.2, 0.25) is 0 Å². The zero-order valence-electron chi connectivity index (χ0n) is 14.3. The number of halogens is 3. The Labute approximate surface area is 157 Å². The molecular formula is C18H15ClF2N4S. The number of alkyl halides is 3. The lowest BCUT2D eigenvalue weighted by atomic mass is 10.3. The largest absolute Gasteiger partial charge is 0.364 e. The van der Waals surface area contributed by atoms with Crippen molar-refractivity contribution in [3.05, 3.63) is 58.5 Å². The Balaban J connectivity index is 1.94. The number of aromatic nitrogens is 4. The maximum absolute atomic E-state index is 13.8. The molecule has 0 fully saturated rings. The summed E-state index contributed by atoms with van der Waals surface area (Å²) in [5.74, 6) is 0. The van der Waals surface area contributed by atoms with Crippen LogP contribution in [-0.4, -0.2) is 19.2 Å². The van der Waals surface area contributed by atoms with E-state index in [9.17, 15) is 8.78 Å². The van der Waals surface area contributed by atoms with Crippen LogP contribution in [0.4, 0.5) is 8.78 Å². The van der Waals surface area contributed by atoms with Crippen molar-refractivity contribution in [3.63, 3.8) is 0 Å². The quantitative estimate of drug-likeness (QED) is 0.434. The van der Waals surface area contributed by atoms with Gasteiger partial charge in [0, 0.05) is 23.1 Å². The molecule has 0 atom stereocenters. The fourth-order valence-corrected chi connectivity index (χ4v) is 4.10. The standard InChI is InChI=1S/C18H15ClF2N4S/c1-10-8-15(18(19,20)21)25-16(22-10)9-13(23-25)17-14(6-7-26-17)24-11(2)4-5-12(24)3/h4-9H,1-3H3. The minimum absolute atomic E-state index is 0.343. The van der Waals surface area contributed by atoms with Crippen molar-refractivity contribution in [1.29, 1.82) is 0 Å². The first-order valence-electron chi connectivity index (χ1n) is 7.93. The Morgan fingerprint density at radius 3 is 2.42 bits per heavy atom. The molecule has 8 heteroatoms. The summed E-state index contributed by atoms with van der Waals surface area (Å²) < 4.78 is 30.8.